The molecule has 2 nitrogen and oxygen atoms in total. The number of aromatic nitrogens is 1. The summed E-state index contributed by atoms with van der Waals surface area (Å²) >= 11 is 5.53. The highest BCUT2D eigenvalue weighted by atomic mass is 35.5. The van der Waals surface area contributed by atoms with Gasteiger partial charge in [0.25, 0.3) is 0 Å². The van der Waals surface area contributed by atoms with Crippen LogP contribution in [0.25, 0.3) is 0 Å². The molecule has 0 N–H and O–H groups in total. The van der Waals surface area contributed by atoms with Crippen LogP contribution in [0.5, 0.6) is 5.88 Å². The Morgan fingerprint density at radius 2 is 2.38 bits per heavy atom. The first-order valence-corrected chi connectivity index (χ1v) is 4.57. The van der Waals surface area contributed by atoms with Crippen molar-refractivity contribution in [1.82, 2.24) is 4.98 Å². The summed E-state index contributed by atoms with van der Waals surface area (Å²) in [7, 11) is 0. The topological polar surface area (TPSA) is 22.1 Å². The number of pyridine rings is 1. The molecule has 0 aromatic carbocycles. The van der Waals surface area contributed by atoms with Gasteiger partial charge in [-0.15, -0.1) is 0 Å². The Labute approximate surface area is 80.7 Å². The van der Waals surface area contributed by atoms with Crippen LogP contribution in [0.2, 0.25) is 5.02 Å². The second-order valence-corrected chi connectivity index (χ2v) is 3.63. The van der Waals surface area contributed by atoms with Crippen molar-refractivity contribution in [3.8, 4) is 5.88 Å². The number of nitrogens with zero attached hydrogens (tertiary/aromatic N) is 1. The summed E-state index contributed by atoms with van der Waals surface area (Å²) in [6.07, 6.45) is 3.73. The van der Waals surface area contributed by atoms with Crippen molar-refractivity contribution in [3.63, 3.8) is 0 Å². The smallest absolute Gasteiger partial charge is 0.250 e. The van der Waals surface area contributed by atoms with Gasteiger partial charge in [0.1, 0.15) is 0 Å². The molecule has 0 atom stereocenters. The molecule has 0 amide bonds. The second-order valence-electron chi connectivity index (χ2n) is 3.19. The molecule has 1 aliphatic rings. The summed E-state index contributed by atoms with van der Waals surface area (Å²) in [6, 6.07) is 1.21. The zero-order valence-electron chi connectivity index (χ0n) is 6.96. The van der Waals surface area contributed by atoms with Crippen LogP contribution in [0.4, 0.5) is 4.39 Å². The standard InChI is InChI=1S/C9H9ClFNO/c10-7-3-8(11)9(12-4-7)13-5-6-1-2-6/h3-4,6H,1-2,5H2. The lowest BCUT2D eigenvalue weighted by Gasteiger charge is -2.04. The van der Waals surface area contributed by atoms with Gasteiger partial charge in [-0.2, -0.15) is 0 Å². The average Bonchev–Trinajstić information content (AvgIpc) is 2.86. The molecule has 2 rings (SSSR count). The van der Waals surface area contributed by atoms with Crippen molar-refractivity contribution in [2.45, 2.75) is 12.8 Å². The largest absolute Gasteiger partial charge is 0.475 e. The molecule has 1 saturated carbocycles. The summed E-state index contributed by atoms with van der Waals surface area (Å²) < 4.78 is 18.2. The first kappa shape index (κ1) is 8.75. The van der Waals surface area contributed by atoms with Crippen LogP contribution in [-0.2, 0) is 0 Å². The molecule has 0 radical (unpaired) electrons. The maximum absolute atomic E-state index is 13.0. The van der Waals surface area contributed by atoms with Gasteiger partial charge >= 0.3 is 0 Å². The molecular weight excluding hydrogens is 193 g/mol. The summed E-state index contributed by atoms with van der Waals surface area (Å²) in [4.78, 5) is 3.75. The van der Waals surface area contributed by atoms with E-state index >= 15 is 0 Å². The highest BCUT2D eigenvalue weighted by Crippen LogP contribution is 2.29. The van der Waals surface area contributed by atoms with E-state index in [-0.39, 0.29) is 10.9 Å². The fraction of sp³-hybridized carbons (Fsp3) is 0.444. The van der Waals surface area contributed by atoms with Gasteiger partial charge in [0, 0.05) is 6.20 Å². The maximum Gasteiger partial charge on any atom is 0.250 e. The molecule has 0 bridgehead atoms. The Morgan fingerprint density at radius 1 is 1.62 bits per heavy atom. The van der Waals surface area contributed by atoms with Gasteiger partial charge in [0.05, 0.1) is 11.6 Å². The third kappa shape index (κ3) is 2.31. The molecule has 1 aliphatic carbocycles. The highest BCUT2D eigenvalue weighted by Gasteiger charge is 2.22. The maximum atomic E-state index is 13.0. The van der Waals surface area contributed by atoms with Crippen molar-refractivity contribution in [2.75, 3.05) is 6.61 Å². The van der Waals surface area contributed by atoms with Gasteiger partial charge in [0.2, 0.25) is 5.88 Å². The molecule has 0 unspecified atom stereocenters. The zero-order chi connectivity index (χ0) is 9.26. The van der Waals surface area contributed by atoms with Crippen LogP contribution in [0.3, 0.4) is 0 Å². The first-order chi connectivity index (χ1) is 6.25. The molecule has 70 valence electrons. The lowest BCUT2D eigenvalue weighted by Crippen LogP contribution is -2.02. The van der Waals surface area contributed by atoms with Crippen LogP contribution in [-0.4, -0.2) is 11.6 Å². The lowest BCUT2D eigenvalue weighted by molar-refractivity contribution is 0.273. The zero-order valence-corrected chi connectivity index (χ0v) is 7.72. The van der Waals surface area contributed by atoms with Crippen LogP contribution in [0.15, 0.2) is 12.3 Å². The Kier molecular flexibility index (Phi) is 2.36. The quantitative estimate of drug-likeness (QED) is 0.750. The van der Waals surface area contributed by atoms with Gasteiger partial charge in [-0.25, -0.2) is 9.37 Å². The van der Waals surface area contributed by atoms with Crippen molar-refractivity contribution >= 4 is 11.6 Å². The van der Waals surface area contributed by atoms with E-state index in [1.54, 1.807) is 0 Å². The van der Waals surface area contributed by atoms with E-state index in [4.69, 9.17) is 16.3 Å². The molecule has 1 aromatic rings. The number of halogens is 2. The highest BCUT2D eigenvalue weighted by molar-refractivity contribution is 6.30. The molecule has 4 heteroatoms. The fourth-order valence-electron chi connectivity index (χ4n) is 0.990. The van der Waals surface area contributed by atoms with E-state index in [0.29, 0.717) is 12.5 Å². The number of hydrogen-bond acceptors (Lipinski definition) is 2. The normalized spacial score (nSPS) is 15.8. The van der Waals surface area contributed by atoms with Gasteiger partial charge in [-0.05, 0) is 24.8 Å². The van der Waals surface area contributed by atoms with E-state index in [2.05, 4.69) is 4.98 Å². The minimum absolute atomic E-state index is 0.0521. The van der Waals surface area contributed by atoms with Gasteiger partial charge in [-0.1, -0.05) is 11.6 Å². The summed E-state index contributed by atoms with van der Waals surface area (Å²) in [6.45, 7) is 0.561. The Bertz CT molecular complexity index is 314. The molecule has 0 saturated heterocycles. The van der Waals surface area contributed by atoms with Crippen molar-refractivity contribution in [2.24, 2.45) is 5.92 Å². The van der Waals surface area contributed by atoms with Crippen molar-refractivity contribution < 1.29 is 9.13 Å². The first-order valence-electron chi connectivity index (χ1n) is 4.19. The predicted molar refractivity (Wildman–Crippen MR) is 47.4 cm³/mol. The fourth-order valence-corrected chi connectivity index (χ4v) is 1.13. The predicted octanol–water partition coefficient (Wildman–Crippen LogP) is 2.66. The average molecular weight is 202 g/mol. The van der Waals surface area contributed by atoms with Crippen LogP contribution >= 0.6 is 11.6 Å². The number of hydrogen-bond donors (Lipinski definition) is 0. The van der Waals surface area contributed by atoms with Crippen LogP contribution < -0.4 is 4.74 Å². The van der Waals surface area contributed by atoms with E-state index in [0.717, 1.165) is 0 Å². The lowest BCUT2D eigenvalue weighted by atomic mass is 10.4. The molecular formula is C9H9ClFNO. The van der Waals surface area contributed by atoms with Crippen LogP contribution in [0.1, 0.15) is 12.8 Å². The molecule has 0 spiro atoms. The second kappa shape index (κ2) is 3.50. The van der Waals surface area contributed by atoms with Crippen LogP contribution in [0, 0.1) is 11.7 Å². The number of rotatable bonds is 3. The molecule has 1 aromatic heterocycles. The third-order valence-electron chi connectivity index (χ3n) is 1.93. The minimum Gasteiger partial charge on any atom is -0.475 e. The summed E-state index contributed by atoms with van der Waals surface area (Å²) in [5.74, 6) is 0.154. The number of ether oxygens (including phenoxy) is 1. The molecule has 1 fully saturated rings. The van der Waals surface area contributed by atoms with Gasteiger partial charge in [0.15, 0.2) is 5.82 Å². The molecule has 1 heterocycles. The van der Waals surface area contributed by atoms with E-state index in [1.807, 2.05) is 0 Å². The minimum atomic E-state index is -0.492. The molecule has 13 heavy (non-hydrogen) atoms. The SMILES string of the molecule is Fc1cc(Cl)cnc1OCC1CC1. The Morgan fingerprint density at radius 3 is 3.00 bits per heavy atom. The van der Waals surface area contributed by atoms with E-state index in [1.165, 1.54) is 25.1 Å². The summed E-state index contributed by atoms with van der Waals surface area (Å²) in [5.41, 5.74) is 0. The Hall–Kier alpha value is -0.830. The molecule has 0 aliphatic heterocycles. The van der Waals surface area contributed by atoms with Crippen molar-refractivity contribution in [1.29, 1.82) is 0 Å². The van der Waals surface area contributed by atoms with E-state index < -0.39 is 5.82 Å². The van der Waals surface area contributed by atoms with Gasteiger partial charge in [-0.3, -0.25) is 0 Å². The van der Waals surface area contributed by atoms with Crippen molar-refractivity contribution in [3.05, 3.63) is 23.1 Å². The van der Waals surface area contributed by atoms with E-state index in [9.17, 15) is 4.39 Å². The summed E-state index contributed by atoms with van der Waals surface area (Å²) in [5, 5.41) is 0.288. The monoisotopic (exact) mass is 201 g/mol. The third-order valence-corrected chi connectivity index (χ3v) is 2.13. The van der Waals surface area contributed by atoms with Gasteiger partial charge < -0.3 is 4.74 Å². The Balaban J connectivity index is 2.01.